The first-order valence-corrected chi connectivity index (χ1v) is 13.8. The van der Waals surface area contributed by atoms with Gasteiger partial charge in [0.2, 0.25) is 0 Å². The van der Waals surface area contributed by atoms with Gasteiger partial charge in [0.25, 0.3) is 0 Å². The van der Waals surface area contributed by atoms with Gasteiger partial charge in [0.1, 0.15) is 34.7 Å². The van der Waals surface area contributed by atoms with Gasteiger partial charge in [-0.3, -0.25) is 28.8 Å². The fourth-order valence-electron chi connectivity index (χ4n) is 2.03. The van der Waals surface area contributed by atoms with Crippen LogP contribution in [0.1, 0.15) is 144 Å². The van der Waals surface area contributed by atoms with Crippen LogP contribution in [0, 0.1) is 32.5 Å². The van der Waals surface area contributed by atoms with E-state index in [9.17, 15) is 28.8 Å². The third-order valence-electron chi connectivity index (χ3n) is 5.98. The average molecular weight is 762 g/mol. The molecule has 0 aromatic carbocycles. The van der Waals surface area contributed by atoms with Crippen LogP contribution in [-0.4, -0.2) is 60.9 Å². The fourth-order valence-corrected chi connectivity index (χ4v) is 2.03. The predicted molar refractivity (Wildman–Crippen MR) is 166 cm³/mol. The van der Waals surface area contributed by atoms with Gasteiger partial charge < -0.3 is 0 Å². The largest absolute Gasteiger partial charge is 3.00 e. The van der Waals surface area contributed by atoms with Gasteiger partial charge in [0.05, 0.1) is 19.3 Å². The summed E-state index contributed by atoms with van der Waals surface area (Å²) in [6.07, 6.45) is 0.187. The monoisotopic (exact) mass is 761 g/mol. The van der Waals surface area contributed by atoms with E-state index in [1.54, 1.807) is 0 Å². The van der Waals surface area contributed by atoms with Crippen LogP contribution in [0.3, 0.4) is 0 Å². The molecule has 0 saturated carbocycles. The first-order chi connectivity index (χ1) is 16.6. The quantitative estimate of drug-likeness (QED) is 0.206. The van der Waals surface area contributed by atoms with Crippen LogP contribution in [0.25, 0.3) is 0 Å². The number of Topliss-reactive ketones (excluding diaryl/α,β-unsaturated/α-hetero) is 6. The molecule has 0 aliphatic rings. The van der Waals surface area contributed by atoms with E-state index in [0.717, 1.165) is 0 Å². The molecule has 40 heavy (non-hydrogen) atoms. The Kier molecular flexibility index (Phi) is 18.9. The number of hydrogen-bond acceptors (Lipinski definition) is 6. The SMILES string of the molecule is CC(C)(C)C(=O)CC(=O)C(C)(C)C.CC(C)(C)C(=O)CC(=O)C(C)(C)C.CC(C)(C)C(=O)CC(=O)C(C)(C)C.[Bi+3]. The number of hydrogen-bond donors (Lipinski definition) is 0. The average Bonchev–Trinajstić information content (AvgIpc) is 2.64. The third kappa shape index (κ3) is 21.6. The van der Waals surface area contributed by atoms with Gasteiger partial charge >= 0.3 is 26.2 Å². The Hall–Kier alpha value is -1.10. The Bertz CT molecular complexity index is 693. The molecule has 0 aliphatic heterocycles. The number of rotatable bonds is 6. The van der Waals surface area contributed by atoms with Crippen molar-refractivity contribution < 1.29 is 28.8 Å². The molecule has 0 fully saturated rings. The minimum atomic E-state index is -0.402. The maximum Gasteiger partial charge on any atom is 3.00 e. The third-order valence-corrected chi connectivity index (χ3v) is 5.98. The molecule has 6 nitrogen and oxygen atoms in total. The summed E-state index contributed by atoms with van der Waals surface area (Å²) in [5, 5.41) is 0. The first kappa shape index (κ1) is 45.9. The molecule has 0 aromatic heterocycles. The Morgan fingerprint density at radius 3 is 0.400 bits per heavy atom. The topological polar surface area (TPSA) is 102 Å². The van der Waals surface area contributed by atoms with E-state index < -0.39 is 32.5 Å². The first-order valence-electron chi connectivity index (χ1n) is 13.8. The number of carbonyl (C=O) groups excluding carboxylic acids is 6. The molecule has 0 saturated heterocycles. The normalized spacial score (nSPS) is 12.4. The molecule has 230 valence electrons. The van der Waals surface area contributed by atoms with Crippen molar-refractivity contribution >= 4 is 60.9 Å². The van der Waals surface area contributed by atoms with Gasteiger partial charge in [-0.15, -0.1) is 0 Å². The standard InChI is InChI=1S/3C11H20O2.Bi/c3*1-10(2,3)8(12)7-9(13)11(4,5)6;/h3*7H2,1-6H3;/q;;;+3. The van der Waals surface area contributed by atoms with E-state index in [1.165, 1.54) is 0 Å². The molecule has 2 radical (unpaired) electrons. The molecule has 0 atom stereocenters. The maximum atomic E-state index is 11.5. The van der Waals surface area contributed by atoms with Crippen molar-refractivity contribution in [3.8, 4) is 0 Å². The van der Waals surface area contributed by atoms with E-state index in [-0.39, 0.29) is 80.2 Å². The van der Waals surface area contributed by atoms with Crippen molar-refractivity contribution in [1.82, 2.24) is 0 Å². The minimum Gasteiger partial charge on any atom is -0.299 e. The van der Waals surface area contributed by atoms with Crippen molar-refractivity contribution in [2.75, 3.05) is 0 Å². The second kappa shape index (κ2) is 16.5. The summed E-state index contributed by atoms with van der Waals surface area (Å²) < 4.78 is 0. The second-order valence-electron chi connectivity index (χ2n) is 16.6. The van der Waals surface area contributed by atoms with E-state index >= 15 is 0 Å². The van der Waals surface area contributed by atoms with Gasteiger partial charge in [-0.25, -0.2) is 0 Å². The van der Waals surface area contributed by atoms with Crippen LogP contribution in [-0.2, 0) is 28.8 Å². The zero-order valence-corrected chi connectivity index (χ0v) is 32.5. The van der Waals surface area contributed by atoms with Crippen LogP contribution >= 0.6 is 0 Å². The predicted octanol–water partition coefficient (Wildman–Crippen LogP) is 7.44. The molecule has 0 aromatic rings. The molecule has 7 heteroatoms. The van der Waals surface area contributed by atoms with Crippen LogP contribution in [0.15, 0.2) is 0 Å². The van der Waals surface area contributed by atoms with Crippen LogP contribution < -0.4 is 0 Å². The number of carbonyl (C=O) groups is 6. The molecule has 0 heterocycles. The molecule has 0 spiro atoms. The molecular formula is C33H60BiO6+3. The molecule has 0 aliphatic carbocycles. The molecule has 0 bridgehead atoms. The Morgan fingerprint density at radius 1 is 0.275 bits per heavy atom. The zero-order chi connectivity index (χ0) is 32.6. The summed E-state index contributed by atoms with van der Waals surface area (Å²) in [5.41, 5.74) is -2.41. The van der Waals surface area contributed by atoms with Gasteiger partial charge in [-0.2, -0.15) is 0 Å². The van der Waals surface area contributed by atoms with Crippen molar-refractivity contribution in [2.45, 2.75) is 144 Å². The zero-order valence-electron chi connectivity index (χ0n) is 29.0. The summed E-state index contributed by atoms with van der Waals surface area (Å²) >= 11 is 0. The van der Waals surface area contributed by atoms with E-state index in [1.807, 2.05) is 125 Å². The summed E-state index contributed by atoms with van der Waals surface area (Å²) in [5.74, 6) is 0.125. The van der Waals surface area contributed by atoms with Crippen molar-refractivity contribution in [1.29, 1.82) is 0 Å². The summed E-state index contributed by atoms with van der Waals surface area (Å²) in [7, 11) is 0. The Labute approximate surface area is 265 Å². The molecule has 0 unspecified atom stereocenters. The van der Waals surface area contributed by atoms with E-state index in [2.05, 4.69) is 0 Å². The minimum absolute atomic E-state index is 0. The maximum absolute atomic E-state index is 11.5. The summed E-state index contributed by atoms with van der Waals surface area (Å²) in [4.78, 5) is 69.0. The van der Waals surface area contributed by atoms with Gasteiger partial charge in [0, 0.05) is 32.5 Å². The molecule has 0 rings (SSSR count). The molecule has 0 N–H and O–H groups in total. The summed E-state index contributed by atoms with van der Waals surface area (Å²) in [6, 6.07) is 0. The van der Waals surface area contributed by atoms with E-state index in [4.69, 9.17) is 0 Å². The molecular weight excluding hydrogens is 701 g/mol. The van der Waals surface area contributed by atoms with Crippen molar-refractivity contribution in [3.05, 3.63) is 0 Å². The Balaban J connectivity index is -0.000000240. The Morgan fingerprint density at radius 2 is 0.350 bits per heavy atom. The van der Waals surface area contributed by atoms with E-state index in [0.29, 0.717) is 0 Å². The van der Waals surface area contributed by atoms with Crippen LogP contribution in [0.4, 0.5) is 0 Å². The van der Waals surface area contributed by atoms with Gasteiger partial charge in [-0.05, 0) is 0 Å². The molecule has 0 amide bonds. The van der Waals surface area contributed by atoms with Gasteiger partial charge in [0.15, 0.2) is 0 Å². The fraction of sp³-hybridized carbons (Fsp3) is 0.818. The smallest absolute Gasteiger partial charge is 0.299 e. The van der Waals surface area contributed by atoms with Crippen molar-refractivity contribution in [3.63, 3.8) is 0 Å². The summed E-state index contributed by atoms with van der Waals surface area (Å²) in [6.45, 7) is 33.1. The van der Waals surface area contributed by atoms with Crippen LogP contribution in [0.2, 0.25) is 0 Å². The number of ketones is 6. The van der Waals surface area contributed by atoms with Gasteiger partial charge in [-0.1, -0.05) is 125 Å². The van der Waals surface area contributed by atoms with Crippen molar-refractivity contribution in [2.24, 2.45) is 32.5 Å². The van der Waals surface area contributed by atoms with Crippen LogP contribution in [0.5, 0.6) is 0 Å². The second-order valence-corrected chi connectivity index (χ2v) is 16.6.